The van der Waals surface area contributed by atoms with Gasteiger partial charge in [0.1, 0.15) is 11.3 Å². The normalized spacial score (nSPS) is 10.7. The number of nitrogens with one attached hydrogen (secondary N) is 3. The molecule has 1 aromatic carbocycles. The van der Waals surface area contributed by atoms with Crippen molar-refractivity contribution in [2.45, 2.75) is 6.42 Å². The first-order valence-corrected chi connectivity index (χ1v) is 7.27. The highest BCUT2D eigenvalue weighted by molar-refractivity contribution is 5.86. The van der Waals surface area contributed by atoms with Crippen LogP contribution < -0.4 is 15.4 Å². The van der Waals surface area contributed by atoms with Crippen LogP contribution in [0.5, 0.6) is 5.75 Å². The van der Waals surface area contributed by atoms with E-state index in [0.29, 0.717) is 30.4 Å². The first-order valence-electron chi connectivity index (χ1n) is 7.27. The second-order valence-corrected chi connectivity index (χ2v) is 4.85. The fraction of sp³-hybridized carbons (Fsp3) is 0.267. The second kappa shape index (κ2) is 6.93. The van der Waals surface area contributed by atoms with E-state index in [4.69, 9.17) is 9.84 Å². The maximum absolute atomic E-state index is 8.85. The van der Waals surface area contributed by atoms with Crippen LogP contribution in [0.3, 0.4) is 0 Å². The van der Waals surface area contributed by atoms with Gasteiger partial charge in [-0.3, -0.25) is 0 Å². The summed E-state index contributed by atoms with van der Waals surface area (Å²) in [4.78, 5) is 16.0. The summed E-state index contributed by atoms with van der Waals surface area (Å²) >= 11 is 0. The number of benzene rings is 1. The zero-order chi connectivity index (χ0) is 16.1. The zero-order valence-electron chi connectivity index (χ0n) is 12.7. The lowest BCUT2D eigenvalue weighted by Crippen LogP contribution is -2.08. The molecule has 0 unspecified atom stereocenters. The van der Waals surface area contributed by atoms with Gasteiger partial charge >= 0.3 is 0 Å². The summed E-state index contributed by atoms with van der Waals surface area (Å²) in [7, 11) is 1.63. The van der Waals surface area contributed by atoms with Crippen molar-refractivity contribution >= 4 is 28.6 Å². The molecule has 23 heavy (non-hydrogen) atoms. The lowest BCUT2D eigenvalue weighted by atomic mass is 10.3. The number of hydrogen-bond donors (Lipinski definition) is 4. The molecular formula is C15H18N6O2. The van der Waals surface area contributed by atoms with Crippen LogP contribution in [-0.2, 0) is 0 Å². The summed E-state index contributed by atoms with van der Waals surface area (Å²) in [6, 6.07) is 7.55. The molecule has 0 aliphatic heterocycles. The van der Waals surface area contributed by atoms with Crippen LogP contribution in [0.1, 0.15) is 6.42 Å². The Morgan fingerprint density at radius 2 is 2.04 bits per heavy atom. The topological polar surface area (TPSA) is 108 Å². The standard InChI is InChI=1S/C15H18N6O2/c1-23-11-5-3-10(4-6-11)19-14-12-13(18-9-17-12)20-15(21-14)16-7-2-8-22/h3-6,9,22H,2,7-8H2,1H3,(H3,16,17,18,19,20,21). The number of methoxy groups -OCH3 is 1. The Kier molecular flexibility index (Phi) is 4.53. The minimum Gasteiger partial charge on any atom is -0.497 e. The van der Waals surface area contributed by atoms with Crippen LogP contribution in [-0.4, -0.2) is 45.3 Å². The number of aliphatic hydroxyl groups excluding tert-OH is 1. The third-order valence-electron chi connectivity index (χ3n) is 3.26. The smallest absolute Gasteiger partial charge is 0.226 e. The Balaban J connectivity index is 1.86. The fourth-order valence-corrected chi connectivity index (χ4v) is 2.09. The van der Waals surface area contributed by atoms with Gasteiger partial charge in [-0.05, 0) is 30.7 Å². The molecule has 3 aromatic rings. The predicted molar refractivity (Wildman–Crippen MR) is 88.2 cm³/mol. The van der Waals surface area contributed by atoms with Gasteiger partial charge in [-0.25, -0.2) is 4.98 Å². The first kappa shape index (κ1) is 15.0. The molecule has 0 spiro atoms. The molecule has 0 radical (unpaired) electrons. The summed E-state index contributed by atoms with van der Waals surface area (Å²) in [5.41, 5.74) is 2.18. The lowest BCUT2D eigenvalue weighted by molar-refractivity contribution is 0.292. The van der Waals surface area contributed by atoms with Gasteiger partial charge in [-0.2, -0.15) is 9.97 Å². The number of nitrogens with zero attached hydrogens (tertiary/aromatic N) is 3. The molecule has 120 valence electrons. The molecule has 8 nitrogen and oxygen atoms in total. The van der Waals surface area contributed by atoms with E-state index < -0.39 is 0 Å². The Hall–Kier alpha value is -2.87. The van der Waals surface area contributed by atoms with Crippen LogP contribution in [0, 0.1) is 0 Å². The van der Waals surface area contributed by atoms with E-state index in [9.17, 15) is 0 Å². The number of imidazole rings is 1. The predicted octanol–water partition coefficient (Wildman–Crippen LogP) is 1.90. The number of ether oxygens (including phenoxy) is 1. The minimum absolute atomic E-state index is 0.120. The maximum atomic E-state index is 8.85. The summed E-state index contributed by atoms with van der Waals surface area (Å²) in [5, 5.41) is 15.2. The molecule has 2 aromatic heterocycles. The van der Waals surface area contributed by atoms with Gasteiger partial charge in [0.25, 0.3) is 0 Å². The van der Waals surface area contributed by atoms with E-state index in [1.54, 1.807) is 13.4 Å². The van der Waals surface area contributed by atoms with Crippen LogP contribution >= 0.6 is 0 Å². The molecule has 0 saturated heterocycles. The Bertz CT molecular complexity index is 771. The summed E-state index contributed by atoms with van der Waals surface area (Å²) < 4.78 is 5.15. The minimum atomic E-state index is 0.120. The number of aromatic nitrogens is 4. The average molecular weight is 314 g/mol. The monoisotopic (exact) mass is 314 g/mol. The molecule has 0 amide bonds. The molecule has 3 rings (SSSR count). The highest BCUT2D eigenvalue weighted by atomic mass is 16.5. The molecule has 0 aliphatic rings. The molecule has 0 saturated carbocycles. The largest absolute Gasteiger partial charge is 0.497 e. The van der Waals surface area contributed by atoms with Crippen LogP contribution in [0.2, 0.25) is 0 Å². The van der Waals surface area contributed by atoms with E-state index in [1.165, 1.54) is 0 Å². The lowest BCUT2D eigenvalue weighted by Gasteiger charge is -2.10. The van der Waals surface area contributed by atoms with Crippen LogP contribution in [0.25, 0.3) is 11.2 Å². The molecule has 0 aliphatic carbocycles. The summed E-state index contributed by atoms with van der Waals surface area (Å²) in [5.74, 6) is 1.88. The van der Waals surface area contributed by atoms with Gasteiger partial charge in [-0.15, -0.1) is 0 Å². The van der Waals surface area contributed by atoms with E-state index in [-0.39, 0.29) is 6.61 Å². The van der Waals surface area contributed by atoms with Crippen LogP contribution in [0.4, 0.5) is 17.5 Å². The van der Waals surface area contributed by atoms with Gasteiger partial charge < -0.3 is 25.5 Å². The van der Waals surface area contributed by atoms with Crippen molar-refractivity contribution in [2.24, 2.45) is 0 Å². The van der Waals surface area contributed by atoms with E-state index >= 15 is 0 Å². The highest BCUT2D eigenvalue weighted by Crippen LogP contribution is 2.24. The summed E-state index contributed by atoms with van der Waals surface area (Å²) in [6.07, 6.45) is 2.21. The van der Waals surface area contributed by atoms with Gasteiger partial charge in [0, 0.05) is 18.8 Å². The first-order chi connectivity index (χ1) is 11.3. The third-order valence-corrected chi connectivity index (χ3v) is 3.26. The van der Waals surface area contributed by atoms with Crippen molar-refractivity contribution in [3.63, 3.8) is 0 Å². The fourth-order valence-electron chi connectivity index (χ4n) is 2.09. The Labute approximate surface area is 133 Å². The van der Waals surface area contributed by atoms with E-state index in [0.717, 1.165) is 17.0 Å². The number of H-pyrrole nitrogens is 1. The molecule has 0 fully saturated rings. The third kappa shape index (κ3) is 3.49. The SMILES string of the molecule is COc1ccc(Nc2nc(NCCCO)nc3nc[nH]c23)cc1. The van der Waals surface area contributed by atoms with E-state index in [1.807, 2.05) is 24.3 Å². The van der Waals surface area contributed by atoms with Gasteiger partial charge in [-0.1, -0.05) is 0 Å². The van der Waals surface area contributed by atoms with Gasteiger partial charge in [0.05, 0.1) is 13.4 Å². The van der Waals surface area contributed by atoms with Crippen molar-refractivity contribution in [1.82, 2.24) is 19.9 Å². The average Bonchev–Trinajstić information content (AvgIpc) is 3.05. The van der Waals surface area contributed by atoms with Crippen LogP contribution in [0.15, 0.2) is 30.6 Å². The summed E-state index contributed by atoms with van der Waals surface area (Å²) in [6.45, 7) is 0.711. The number of rotatable bonds is 7. The molecule has 0 atom stereocenters. The van der Waals surface area contributed by atoms with Crippen molar-refractivity contribution in [3.8, 4) is 5.75 Å². The van der Waals surface area contributed by atoms with Crippen molar-refractivity contribution < 1.29 is 9.84 Å². The Morgan fingerprint density at radius 1 is 1.22 bits per heavy atom. The zero-order valence-corrected chi connectivity index (χ0v) is 12.7. The highest BCUT2D eigenvalue weighted by Gasteiger charge is 2.10. The number of anilines is 3. The molecular weight excluding hydrogens is 296 g/mol. The van der Waals surface area contributed by atoms with Crippen molar-refractivity contribution in [2.75, 3.05) is 30.9 Å². The maximum Gasteiger partial charge on any atom is 0.226 e. The van der Waals surface area contributed by atoms with Gasteiger partial charge in [0.2, 0.25) is 5.95 Å². The van der Waals surface area contributed by atoms with Crippen molar-refractivity contribution in [1.29, 1.82) is 0 Å². The molecule has 4 N–H and O–H groups in total. The molecule has 8 heteroatoms. The quantitative estimate of drug-likeness (QED) is 0.493. The number of aromatic amines is 1. The number of hydrogen-bond acceptors (Lipinski definition) is 7. The van der Waals surface area contributed by atoms with Gasteiger partial charge in [0.15, 0.2) is 11.5 Å². The van der Waals surface area contributed by atoms with Crippen molar-refractivity contribution in [3.05, 3.63) is 30.6 Å². The number of aliphatic hydroxyl groups is 1. The number of fused-ring (bicyclic) bond motifs is 1. The second-order valence-electron chi connectivity index (χ2n) is 4.85. The molecule has 2 heterocycles. The molecule has 0 bridgehead atoms. The van der Waals surface area contributed by atoms with E-state index in [2.05, 4.69) is 30.6 Å². The Morgan fingerprint density at radius 3 is 2.78 bits per heavy atom.